The lowest BCUT2D eigenvalue weighted by Crippen LogP contribution is -2.35. The predicted octanol–water partition coefficient (Wildman–Crippen LogP) is 2.87. The Morgan fingerprint density at radius 2 is 2.04 bits per heavy atom. The van der Waals surface area contributed by atoms with Crippen molar-refractivity contribution in [3.63, 3.8) is 0 Å². The second-order valence-electron chi connectivity index (χ2n) is 5.97. The highest BCUT2D eigenvalue weighted by Crippen LogP contribution is 2.24. The first-order valence-electron chi connectivity index (χ1n) is 8.33. The number of carboxylic acid groups (broad SMARTS) is 1. The molecule has 0 radical (unpaired) electrons. The Morgan fingerprint density at radius 1 is 1.30 bits per heavy atom. The van der Waals surface area contributed by atoms with Gasteiger partial charge in [0.05, 0.1) is 6.10 Å². The molecule has 0 aliphatic heterocycles. The highest BCUT2D eigenvalue weighted by atomic mass is 16.5. The normalized spacial score (nSPS) is 14.7. The minimum atomic E-state index is -0.979. The number of rotatable bonds is 8. The van der Waals surface area contributed by atoms with E-state index in [0.29, 0.717) is 25.5 Å². The van der Waals surface area contributed by atoms with Crippen LogP contribution in [0.1, 0.15) is 44.6 Å². The SMILES string of the molecule is CCN(CC(=O)O)C(=O)CCc1cccc(OC2CCCC2)c1. The van der Waals surface area contributed by atoms with Crippen molar-refractivity contribution in [1.82, 2.24) is 4.90 Å². The van der Waals surface area contributed by atoms with Gasteiger partial charge in [-0.15, -0.1) is 0 Å². The minimum Gasteiger partial charge on any atom is -0.490 e. The summed E-state index contributed by atoms with van der Waals surface area (Å²) in [5.41, 5.74) is 1.04. The number of hydrogen-bond acceptors (Lipinski definition) is 3. The van der Waals surface area contributed by atoms with Crippen LogP contribution in [0, 0.1) is 0 Å². The Morgan fingerprint density at radius 3 is 2.70 bits per heavy atom. The van der Waals surface area contributed by atoms with Gasteiger partial charge in [-0.25, -0.2) is 0 Å². The molecule has 1 aromatic carbocycles. The van der Waals surface area contributed by atoms with Crippen LogP contribution >= 0.6 is 0 Å². The number of benzene rings is 1. The van der Waals surface area contributed by atoms with E-state index in [9.17, 15) is 9.59 Å². The number of aliphatic carboxylic acids is 1. The van der Waals surface area contributed by atoms with Crippen molar-refractivity contribution in [2.24, 2.45) is 0 Å². The number of carbonyl (C=O) groups is 2. The molecule has 5 heteroatoms. The zero-order chi connectivity index (χ0) is 16.7. The van der Waals surface area contributed by atoms with Crippen molar-refractivity contribution in [1.29, 1.82) is 0 Å². The van der Waals surface area contributed by atoms with Gasteiger partial charge < -0.3 is 14.7 Å². The van der Waals surface area contributed by atoms with Crippen LogP contribution < -0.4 is 4.74 Å². The lowest BCUT2D eigenvalue weighted by Gasteiger charge is -2.18. The zero-order valence-electron chi connectivity index (χ0n) is 13.7. The quantitative estimate of drug-likeness (QED) is 0.800. The number of aryl methyl sites for hydroxylation is 1. The zero-order valence-corrected chi connectivity index (χ0v) is 13.7. The molecule has 0 atom stereocenters. The Balaban J connectivity index is 1.87. The Bertz CT molecular complexity index is 538. The first-order valence-corrected chi connectivity index (χ1v) is 8.33. The van der Waals surface area contributed by atoms with Crippen LogP contribution in [0.25, 0.3) is 0 Å². The topological polar surface area (TPSA) is 66.8 Å². The molecule has 1 amide bonds. The van der Waals surface area contributed by atoms with Gasteiger partial charge in [-0.05, 0) is 56.7 Å². The van der Waals surface area contributed by atoms with Crippen LogP contribution in [0.3, 0.4) is 0 Å². The van der Waals surface area contributed by atoms with Crippen molar-refractivity contribution in [2.75, 3.05) is 13.1 Å². The molecule has 1 fully saturated rings. The number of amides is 1. The van der Waals surface area contributed by atoms with Gasteiger partial charge in [0.1, 0.15) is 12.3 Å². The van der Waals surface area contributed by atoms with E-state index in [4.69, 9.17) is 9.84 Å². The van der Waals surface area contributed by atoms with Crippen LogP contribution in [0.2, 0.25) is 0 Å². The standard InChI is InChI=1S/C18H25NO4/c1-2-19(13-18(21)22)17(20)11-10-14-6-5-9-16(12-14)23-15-7-3-4-8-15/h5-6,9,12,15H,2-4,7-8,10-11,13H2,1H3,(H,21,22). The molecule has 1 aliphatic carbocycles. The number of nitrogens with zero attached hydrogens (tertiary/aromatic N) is 1. The second kappa shape index (κ2) is 8.56. The molecule has 1 aromatic rings. The van der Waals surface area contributed by atoms with Crippen LogP contribution in [-0.2, 0) is 16.0 Å². The van der Waals surface area contributed by atoms with E-state index in [-0.39, 0.29) is 12.5 Å². The summed E-state index contributed by atoms with van der Waals surface area (Å²) in [5.74, 6) is -0.246. The van der Waals surface area contributed by atoms with E-state index in [1.165, 1.54) is 17.7 Å². The number of ether oxygens (including phenoxy) is 1. The predicted molar refractivity (Wildman–Crippen MR) is 87.5 cm³/mol. The van der Waals surface area contributed by atoms with Gasteiger partial charge in [0.25, 0.3) is 0 Å². The number of carbonyl (C=O) groups excluding carboxylic acids is 1. The van der Waals surface area contributed by atoms with E-state index in [0.717, 1.165) is 24.2 Å². The van der Waals surface area contributed by atoms with Gasteiger partial charge in [-0.3, -0.25) is 9.59 Å². The monoisotopic (exact) mass is 319 g/mol. The van der Waals surface area contributed by atoms with Crippen LogP contribution in [0.15, 0.2) is 24.3 Å². The third-order valence-corrected chi connectivity index (χ3v) is 4.19. The van der Waals surface area contributed by atoms with E-state index in [1.54, 1.807) is 6.92 Å². The number of hydrogen-bond donors (Lipinski definition) is 1. The van der Waals surface area contributed by atoms with Crippen LogP contribution in [-0.4, -0.2) is 41.1 Å². The molecule has 0 unspecified atom stereocenters. The molecule has 0 heterocycles. The van der Waals surface area contributed by atoms with Crippen LogP contribution in [0.4, 0.5) is 0 Å². The average Bonchev–Trinajstić information content (AvgIpc) is 3.03. The van der Waals surface area contributed by atoms with Crippen molar-refractivity contribution in [3.8, 4) is 5.75 Å². The lowest BCUT2D eigenvalue weighted by molar-refractivity contribution is -0.144. The van der Waals surface area contributed by atoms with Gasteiger partial charge in [-0.2, -0.15) is 0 Å². The molecule has 1 N–H and O–H groups in total. The van der Waals surface area contributed by atoms with E-state index in [1.807, 2.05) is 24.3 Å². The molecule has 1 saturated carbocycles. The Hall–Kier alpha value is -2.04. The van der Waals surface area contributed by atoms with E-state index >= 15 is 0 Å². The van der Waals surface area contributed by atoms with Crippen LogP contribution in [0.5, 0.6) is 5.75 Å². The third-order valence-electron chi connectivity index (χ3n) is 4.19. The molecular weight excluding hydrogens is 294 g/mol. The van der Waals surface area contributed by atoms with Gasteiger partial charge in [0, 0.05) is 13.0 Å². The molecule has 23 heavy (non-hydrogen) atoms. The maximum absolute atomic E-state index is 12.1. The lowest BCUT2D eigenvalue weighted by atomic mass is 10.1. The summed E-state index contributed by atoms with van der Waals surface area (Å²) in [7, 11) is 0. The summed E-state index contributed by atoms with van der Waals surface area (Å²) < 4.78 is 5.97. The fraction of sp³-hybridized carbons (Fsp3) is 0.556. The third kappa shape index (κ3) is 5.58. The van der Waals surface area contributed by atoms with Crippen molar-refractivity contribution >= 4 is 11.9 Å². The molecule has 5 nitrogen and oxygen atoms in total. The molecule has 0 aromatic heterocycles. The maximum atomic E-state index is 12.1. The molecule has 1 aliphatic rings. The van der Waals surface area contributed by atoms with Crippen molar-refractivity contribution < 1.29 is 19.4 Å². The summed E-state index contributed by atoms with van der Waals surface area (Å²) in [5, 5.41) is 8.81. The smallest absolute Gasteiger partial charge is 0.323 e. The Kier molecular flexibility index (Phi) is 6.44. The van der Waals surface area contributed by atoms with Gasteiger partial charge in [-0.1, -0.05) is 12.1 Å². The molecule has 2 rings (SSSR count). The second-order valence-corrected chi connectivity index (χ2v) is 5.97. The molecular formula is C18H25NO4. The molecule has 0 bridgehead atoms. The Labute approximate surface area is 137 Å². The average molecular weight is 319 g/mol. The number of likely N-dealkylation sites (N-methyl/N-ethyl adjacent to an activating group) is 1. The highest BCUT2D eigenvalue weighted by Gasteiger charge is 2.17. The first-order chi connectivity index (χ1) is 11.1. The summed E-state index contributed by atoms with van der Waals surface area (Å²) in [4.78, 5) is 24.2. The first kappa shape index (κ1) is 17.3. The van der Waals surface area contributed by atoms with E-state index in [2.05, 4.69) is 0 Å². The highest BCUT2D eigenvalue weighted by molar-refractivity contribution is 5.81. The summed E-state index contributed by atoms with van der Waals surface area (Å²) in [6.07, 6.45) is 5.92. The number of carboxylic acids is 1. The largest absolute Gasteiger partial charge is 0.490 e. The maximum Gasteiger partial charge on any atom is 0.323 e. The fourth-order valence-electron chi connectivity index (χ4n) is 2.92. The fourth-order valence-corrected chi connectivity index (χ4v) is 2.92. The van der Waals surface area contributed by atoms with Gasteiger partial charge >= 0.3 is 5.97 Å². The summed E-state index contributed by atoms with van der Waals surface area (Å²) in [6, 6.07) is 7.85. The van der Waals surface area contributed by atoms with E-state index < -0.39 is 5.97 Å². The van der Waals surface area contributed by atoms with Crippen molar-refractivity contribution in [3.05, 3.63) is 29.8 Å². The molecule has 0 saturated heterocycles. The van der Waals surface area contributed by atoms with Gasteiger partial charge in [0.2, 0.25) is 5.91 Å². The minimum absolute atomic E-state index is 0.128. The van der Waals surface area contributed by atoms with Gasteiger partial charge in [0.15, 0.2) is 0 Å². The summed E-state index contributed by atoms with van der Waals surface area (Å²) >= 11 is 0. The summed E-state index contributed by atoms with van der Waals surface area (Å²) in [6.45, 7) is 1.97. The van der Waals surface area contributed by atoms with Crippen molar-refractivity contribution in [2.45, 2.75) is 51.6 Å². The molecule has 126 valence electrons. The molecule has 0 spiro atoms.